The largest absolute Gasteiger partial charge is 0.386 e. The van der Waals surface area contributed by atoms with Crippen molar-refractivity contribution in [2.75, 3.05) is 32.9 Å². The Bertz CT molecular complexity index is 926. The molecule has 3 heterocycles. The van der Waals surface area contributed by atoms with Gasteiger partial charge in [0.15, 0.2) is 0 Å². The van der Waals surface area contributed by atoms with Crippen LogP contribution in [0.1, 0.15) is 30.2 Å². The first-order valence-electron chi connectivity index (χ1n) is 11.2. The predicted molar refractivity (Wildman–Crippen MR) is 118 cm³/mol. The molecule has 0 saturated carbocycles. The molecule has 1 aromatic heterocycles. The molecule has 1 spiro atoms. The molecule has 2 saturated heterocycles. The molecule has 1 aromatic carbocycles. The Morgan fingerprint density at radius 3 is 2.36 bits per heavy atom. The number of pyridine rings is 1. The van der Waals surface area contributed by atoms with E-state index in [-0.39, 0.29) is 0 Å². The SMILES string of the molecule is O=C(NC(CF)C(O)c1ccc(-c2ccc(CN3CC4(CCNCC4)C3)nc2)cc1)C(F)F. The van der Waals surface area contributed by atoms with Gasteiger partial charge in [-0.1, -0.05) is 30.3 Å². The van der Waals surface area contributed by atoms with Crippen LogP contribution < -0.4 is 10.6 Å². The fourth-order valence-electron chi connectivity index (χ4n) is 4.76. The van der Waals surface area contributed by atoms with Crippen LogP contribution in [-0.2, 0) is 11.3 Å². The molecule has 2 fully saturated rings. The summed E-state index contributed by atoms with van der Waals surface area (Å²) in [6.45, 7) is 4.13. The van der Waals surface area contributed by atoms with Crippen molar-refractivity contribution in [3.8, 4) is 11.1 Å². The molecular weight excluding hydrogens is 433 g/mol. The van der Waals surface area contributed by atoms with Gasteiger partial charge in [-0.15, -0.1) is 0 Å². The number of carbonyl (C=O) groups excluding carboxylic acids is 1. The highest BCUT2D eigenvalue weighted by Gasteiger charge is 2.43. The van der Waals surface area contributed by atoms with Crippen LogP contribution in [-0.4, -0.2) is 66.2 Å². The van der Waals surface area contributed by atoms with Gasteiger partial charge in [-0.3, -0.25) is 14.7 Å². The number of hydrogen-bond donors (Lipinski definition) is 3. The minimum absolute atomic E-state index is 0.324. The summed E-state index contributed by atoms with van der Waals surface area (Å²) in [5, 5.41) is 15.5. The maximum Gasteiger partial charge on any atom is 0.315 e. The lowest BCUT2D eigenvalue weighted by Crippen LogP contribution is -2.59. The van der Waals surface area contributed by atoms with Crippen molar-refractivity contribution in [1.82, 2.24) is 20.5 Å². The van der Waals surface area contributed by atoms with E-state index >= 15 is 0 Å². The summed E-state index contributed by atoms with van der Waals surface area (Å²) in [7, 11) is 0. The van der Waals surface area contributed by atoms with Gasteiger partial charge in [-0.2, -0.15) is 8.78 Å². The number of nitrogens with zero attached hydrogens (tertiary/aromatic N) is 2. The highest BCUT2D eigenvalue weighted by Crippen LogP contribution is 2.39. The second kappa shape index (κ2) is 10.2. The minimum Gasteiger partial charge on any atom is -0.386 e. The van der Waals surface area contributed by atoms with Crippen LogP contribution in [0.3, 0.4) is 0 Å². The number of nitrogens with one attached hydrogen (secondary N) is 2. The van der Waals surface area contributed by atoms with Crippen molar-refractivity contribution in [3.05, 3.63) is 53.9 Å². The lowest BCUT2D eigenvalue weighted by atomic mass is 9.72. The van der Waals surface area contributed by atoms with Gasteiger partial charge in [-0.25, -0.2) is 4.39 Å². The van der Waals surface area contributed by atoms with E-state index in [2.05, 4.69) is 15.2 Å². The summed E-state index contributed by atoms with van der Waals surface area (Å²) >= 11 is 0. The number of aromatic nitrogens is 1. The standard InChI is InChI=1S/C24H29F3N4O2/c25-11-20(30-23(33)22(26)27)21(32)17-3-1-16(2-4-17)18-5-6-19(29-12-18)13-31-14-24(15-31)7-9-28-10-8-24/h1-6,12,20-22,28,32H,7-11,13-15H2,(H,30,33). The molecule has 4 rings (SSSR count). The molecule has 9 heteroatoms. The summed E-state index contributed by atoms with van der Waals surface area (Å²) < 4.78 is 38.0. The molecule has 2 atom stereocenters. The Kier molecular flexibility index (Phi) is 7.31. The maximum absolute atomic E-state index is 13.2. The number of amides is 1. The van der Waals surface area contributed by atoms with Crippen LogP contribution in [0.2, 0.25) is 0 Å². The van der Waals surface area contributed by atoms with E-state index in [0.29, 0.717) is 11.0 Å². The number of likely N-dealkylation sites (tertiary alicyclic amines) is 1. The third-order valence-electron chi connectivity index (χ3n) is 6.65. The van der Waals surface area contributed by atoms with Gasteiger partial charge in [0.05, 0.1) is 11.7 Å². The van der Waals surface area contributed by atoms with E-state index in [1.54, 1.807) is 30.5 Å². The monoisotopic (exact) mass is 462 g/mol. The molecule has 1 amide bonds. The zero-order chi connectivity index (χ0) is 23.4. The van der Waals surface area contributed by atoms with E-state index < -0.39 is 31.2 Å². The molecule has 6 nitrogen and oxygen atoms in total. The number of halogens is 3. The number of alkyl halides is 3. The first-order valence-corrected chi connectivity index (χ1v) is 11.2. The van der Waals surface area contributed by atoms with Crippen molar-refractivity contribution in [2.24, 2.45) is 5.41 Å². The highest BCUT2D eigenvalue weighted by molar-refractivity contribution is 5.79. The van der Waals surface area contributed by atoms with Gasteiger partial charge < -0.3 is 15.7 Å². The van der Waals surface area contributed by atoms with Gasteiger partial charge >= 0.3 is 6.43 Å². The van der Waals surface area contributed by atoms with Gasteiger partial charge in [-0.05, 0) is 48.5 Å². The van der Waals surface area contributed by atoms with Crippen molar-refractivity contribution in [3.63, 3.8) is 0 Å². The molecule has 0 radical (unpaired) electrons. The van der Waals surface area contributed by atoms with Crippen LogP contribution in [0.25, 0.3) is 11.1 Å². The summed E-state index contributed by atoms with van der Waals surface area (Å²) in [6, 6.07) is 9.22. The van der Waals surface area contributed by atoms with Crippen molar-refractivity contribution in [1.29, 1.82) is 0 Å². The summed E-state index contributed by atoms with van der Waals surface area (Å²) in [5.74, 6) is -1.61. The fraction of sp³-hybridized carbons (Fsp3) is 0.500. The van der Waals surface area contributed by atoms with Gasteiger partial charge in [0.1, 0.15) is 12.8 Å². The lowest BCUT2D eigenvalue weighted by Gasteiger charge is -2.52. The van der Waals surface area contributed by atoms with Crippen LogP contribution in [0.4, 0.5) is 13.2 Å². The number of carbonyl (C=O) groups is 1. The summed E-state index contributed by atoms with van der Waals surface area (Å²) in [5.41, 5.74) is 3.57. The maximum atomic E-state index is 13.2. The minimum atomic E-state index is -3.27. The van der Waals surface area contributed by atoms with E-state index in [9.17, 15) is 23.1 Å². The van der Waals surface area contributed by atoms with E-state index in [4.69, 9.17) is 0 Å². The molecular formula is C24H29F3N4O2. The highest BCUT2D eigenvalue weighted by atomic mass is 19.3. The normalized spacial score (nSPS) is 19.8. The number of piperidine rings is 1. The number of benzene rings is 1. The third-order valence-corrected chi connectivity index (χ3v) is 6.65. The predicted octanol–water partition coefficient (Wildman–Crippen LogP) is 2.69. The molecule has 2 aliphatic rings. The molecule has 3 N–H and O–H groups in total. The summed E-state index contributed by atoms with van der Waals surface area (Å²) in [6.07, 6.45) is -0.423. The number of hydrogen-bond acceptors (Lipinski definition) is 5. The van der Waals surface area contributed by atoms with Crippen LogP contribution in [0, 0.1) is 5.41 Å². The molecule has 2 unspecified atom stereocenters. The second-order valence-electron chi connectivity index (χ2n) is 9.07. The van der Waals surface area contributed by atoms with Gasteiger partial charge in [0, 0.05) is 31.4 Å². The van der Waals surface area contributed by atoms with Crippen molar-refractivity contribution < 1.29 is 23.1 Å². The Morgan fingerprint density at radius 2 is 1.79 bits per heavy atom. The molecule has 2 aromatic rings. The Balaban J connectivity index is 1.33. The first-order chi connectivity index (χ1) is 15.9. The topological polar surface area (TPSA) is 77.5 Å². The Labute approximate surface area is 191 Å². The average Bonchev–Trinajstić information content (AvgIpc) is 2.82. The zero-order valence-electron chi connectivity index (χ0n) is 18.3. The number of aliphatic hydroxyl groups excluding tert-OH is 1. The van der Waals surface area contributed by atoms with Crippen molar-refractivity contribution >= 4 is 5.91 Å². The van der Waals surface area contributed by atoms with Crippen LogP contribution >= 0.6 is 0 Å². The average molecular weight is 463 g/mol. The summed E-state index contributed by atoms with van der Waals surface area (Å²) in [4.78, 5) is 18.1. The quantitative estimate of drug-likeness (QED) is 0.563. The number of aliphatic hydroxyl groups is 1. The smallest absolute Gasteiger partial charge is 0.315 e. The van der Waals surface area contributed by atoms with Gasteiger partial charge in [0.2, 0.25) is 0 Å². The lowest BCUT2D eigenvalue weighted by molar-refractivity contribution is -0.133. The van der Waals surface area contributed by atoms with Crippen molar-refractivity contribution in [2.45, 2.75) is 38.0 Å². The Morgan fingerprint density at radius 1 is 1.12 bits per heavy atom. The van der Waals surface area contributed by atoms with Gasteiger partial charge in [0.25, 0.3) is 5.91 Å². The molecule has 178 valence electrons. The van der Waals surface area contributed by atoms with E-state index in [1.807, 2.05) is 17.4 Å². The molecule has 0 bridgehead atoms. The Hall–Kier alpha value is -2.49. The fourth-order valence-corrected chi connectivity index (χ4v) is 4.76. The molecule has 2 aliphatic heterocycles. The first kappa shape index (κ1) is 23.7. The van der Waals surface area contributed by atoms with E-state index in [0.717, 1.165) is 49.5 Å². The van der Waals surface area contributed by atoms with Crippen LogP contribution in [0.5, 0.6) is 0 Å². The van der Waals surface area contributed by atoms with E-state index in [1.165, 1.54) is 12.8 Å². The second-order valence-corrected chi connectivity index (χ2v) is 9.07. The molecule has 33 heavy (non-hydrogen) atoms. The molecule has 0 aliphatic carbocycles. The third kappa shape index (κ3) is 5.54. The zero-order valence-corrected chi connectivity index (χ0v) is 18.3. The number of rotatable bonds is 8. The van der Waals surface area contributed by atoms with Crippen LogP contribution in [0.15, 0.2) is 42.6 Å².